The quantitative estimate of drug-likeness (QED) is 0.600. The fraction of sp³-hybridized carbons (Fsp3) is 0.273. The Hall–Kier alpha value is -3.06. The third-order valence-corrected chi connectivity index (χ3v) is 4.23. The SMILES string of the molecule is CCc1cccc(CC)c1NC(=O)/C(C#N)=C\N(C)Cc1ccccc1. The standard InChI is InChI=1S/C22H25N3O/c1-4-18-12-9-13-19(5-2)21(18)24-22(26)20(14-23)16-25(3)15-17-10-7-6-8-11-17/h6-13,16H,4-5,15H2,1-3H3,(H,24,26)/b20-16-. The van der Waals surface area contributed by atoms with Gasteiger partial charge in [0.25, 0.3) is 5.91 Å². The number of carbonyl (C=O) groups is 1. The van der Waals surface area contributed by atoms with Gasteiger partial charge in [-0.1, -0.05) is 62.4 Å². The molecule has 4 heteroatoms. The Morgan fingerprint density at radius 3 is 2.23 bits per heavy atom. The topological polar surface area (TPSA) is 56.1 Å². The van der Waals surface area contributed by atoms with Gasteiger partial charge in [0.15, 0.2) is 0 Å². The molecule has 4 nitrogen and oxygen atoms in total. The summed E-state index contributed by atoms with van der Waals surface area (Å²) in [6.45, 7) is 4.74. The molecule has 0 aliphatic carbocycles. The Bertz CT molecular complexity index is 797. The van der Waals surface area contributed by atoms with E-state index in [9.17, 15) is 10.1 Å². The number of nitrogens with zero attached hydrogens (tertiary/aromatic N) is 2. The zero-order chi connectivity index (χ0) is 18.9. The van der Waals surface area contributed by atoms with Crippen molar-refractivity contribution in [2.24, 2.45) is 0 Å². The number of para-hydroxylation sites is 1. The molecule has 134 valence electrons. The first-order valence-electron chi connectivity index (χ1n) is 8.87. The highest BCUT2D eigenvalue weighted by Gasteiger charge is 2.14. The molecule has 0 fully saturated rings. The number of amides is 1. The van der Waals surface area contributed by atoms with Gasteiger partial charge in [-0.15, -0.1) is 0 Å². The second-order valence-electron chi connectivity index (χ2n) is 6.17. The molecule has 0 aliphatic heterocycles. The molecule has 0 saturated carbocycles. The van der Waals surface area contributed by atoms with Crippen LogP contribution >= 0.6 is 0 Å². The number of anilines is 1. The first-order chi connectivity index (χ1) is 12.6. The Labute approximate surface area is 155 Å². The van der Waals surface area contributed by atoms with Crippen LogP contribution in [0.25, 0.3) is 0 Å². The van der Waals surface area contributed by atoms with Gasteiger partial charge in [-0.05, 0) is 29.5 Å². The molecule has 0 unspecified atom stereocenters. The van der Waals surface area contributed by atoms with E-state index in [1.165, 1.54) is 0 Å². The van der Waals surface area contributed by atoms with Crippen LogP contribution < -0.4 is 5.32 Å². The van der Waals surface area contributed by atoms with Crippen LogP contribution in [0.3, 0.4) is 0 Å². The van der Waals surface area contributed by atoms with Gasteiger partial charge in [-0.3, -0.25) is 4.79 Å². The minimum atomic E-state index is -0.372. The fourth-order valence-electron chi connectivity index (χ4n) is 2.86. The summed E-state index contributed by atoms with van der Waals surface area (Å²) in [7, 11) is 1.86. The Balaban J connectivity index is 2.18. The van der Waals surface area contributed by atoms with Gasteiger partial charge in [-0.25, -0.2) is 0 Å². The molecule has 0 atom stereocenters. The van der Waals surface area contributed by atoms with Crippen LogP contribution in [0.2, 0.25) is 0 Å². The molecule has 0 spiro atoms. The van der Waals surface area contributed by atoms with Gasteiger partial charge in [-0.2, -0.15) is 5.26 Å². The average Bonchev–Trinajstić information content (AvgIpc) is 2.66. The smallest absolute Gasteiger partial charge is 0.267 e. The molecule has 2 aromatic carbocycles. The van der Waals surface area contributed by atoms with Crippen LogP contribution in [0.5, 0.6) is 0 Å². The van der Waals surface area contributed by atoms with Crippen molar-refractivity contribution in [3.63, 3.8) is 0 Å². The van der Waals surface area contributed by atoms with Crippen molar-refractivity contribution in [2.75, 3.05) is 12.4 Å². The van der Waals surface area contributed by atoms with E-state index in [-0.39, 0.29) is 11.5 Å². The lowest BCUT2D eigenvalue weighted by Crippen LogP contribution is -2.19. The monoisotopic (exact) mass is 347 g/mol. The maximum Gasteiger partial charge on any atom is 0.267 e. The van der Waals surface area contributed by atoms with Crippen molar-refractivity contribution < 1.29 is 4.79 Å². The third-order valence-electron chi connectivity index (χ3n) is 4.23. The number of aryl methyl sites for hydroxylation is 2. The van der Waals surface area contributed by atoms with Crippen molar-refractivity contribution in [1.29, 1.82) is 5.26 Å². The summed E-state index contributed by atoms with van der Waals surface area (Å²) in [6.07, 6.45) is 3.24. The first kappa shape index (κ1) is 19.3. The minimum absolute atomic E-state index is 0.0939. The van der Waals surface area contributed by atoms with Gasteiger partial charge in [0, 0.05) is 25.5 Å². The summed E-state index contributed by atoms with van der Waals surface area (Å²) in [5.74, 6) is -0.372. The lowest BCUT2D eigenvalue weighted by atomic mass is 10.0. The summed E-state index contributed by atoms with van der Waals surface area (Å²) in [5.41, 5.74) is 4.19. The highest BCUT2D eigenvalue weighted by molar-refractivity contribution is 6.07. The minimum Gasteiger partial charge on any atom is -0.375 e. The van der Waals surface area contributed by atoms with Crippen molar-refractivity contribution in [1.82, 2.24) is 4.90 Å². The molecule has 2 aromatic rings. The maximum atomic E-state index is 12.6. The van der Waals surface area contributed by atoms with E-state index in [2.05, 4.69) is 19.2 Å². The molecule has 1 N–H and O–H groups in total. The second kappa shape index (κ2) is 9.43. The highest BCUT2D eigenvalue weighted by Crippen LogP contribution is 2.23. The molecule has 0 heterocycles. The number of benzene rings is 2. The normalized spacial score (nSPS) is 10.9. The maximum absolute atomic E-state index is 12.6. The lowest BCUT2D eigenvalue weighted by Gasteiger charge is -2.16. The number of hydrogen-bond acceptors (Lipinski definition) is 3. The summed E-state index contributed by atoms with van der Waals surface area (Å²) < 4.78 is 0. The van der Waals surface area contributed by atoms with Crippen LogP contribution in [-0.2, 0) is 24.2 Å². The van der Waals surface area contributed by atoms with Crippen LogP contribution in [0.4, 0.5) is 5.69 Å². The number of rotatable bonds is 7. The summed E-state index contributed by atoms with van der Waals surface area (Å²) in [5, 5.41) is 12.4. The number of nitrogens with one attached hydrogen (secondary N) is 1. The van der Waals surface area contributed by atoms with Crippen LogP contribution in [0.1, 0.15) is 30.5 Å². The summed E-state index contributed by atoms with van der Waals surface area (Å²) in [6, 6.07) is 18.0. The number of carbonyl (C=O) groups excluding carboxylic acids is 1. The van der Waals surface area contributed by atoms with E-state index in [0.29, 0.717) is 6.54 Å². The van der Waals surface area contributed by atoms with E-state index in [1.807, 2.05) is 66.5 Å². The molecular formula is C22H25N3O. The predicted molar refractivity (Wildman–Crippen MR) is 105 cm³/mol. The van der Waals surface area contributed by atoms with Gasteiger partial charge in [0.1, 0.15) is 11.6 Å². The molecule has 1 amide bonds. The molecule has 0 saturated heterocycles. The Morgan fingerprint density at radius 2 is 1.69 bits per heavy atom. The molecular weight excluding hydrogens is 322 g/mol. The van der Waals surface area contributed by atoms with Gasteiger partial charge in [0.2, 0.25) is 0 Å². The lowest BCUT2D eigenvalue weighted by molar-refractivity contribution is -0.112. The highest BCUT2D eigenvalue weighted by atomic mass is 16.1. The molecule has 0 radical (unpaired) electrons. The van der Waals surface area contributed by atoms with E-state index in [0.717, 1.165) is 35.2 Å². The van der Waals surface area contributed by atoms with Gasteiger partial charge in [0.05, 0.1) is 0 Å². The summed E-state index contributed by atoms with van der Waals surface area (Å²) >= 11 is 0. The zero-order valence-electron chi connectivity index (χ0n) is 15.6. The largest absolute Gasteiger partial charge is 0.375 e. The number of nitriles is 1. The Kier molecular flexibility index (Phi) is 6.99. The van der Waals surface area contributed by atoms with Crippen LogP contribution in [0.15, 0.2) is 60.3 Å². The first-order valence-corrected chi connectivity index (χ1v) is 8.87. The second-order valence-corrected chi connectivity index (χ2v) is 6.17. The summed E-state index contributed by atoms with van der Waals surface area (Å²) in [4.78, 5) is 14.5. The molecule has 2 rings (SSSR count). The van der Waals surface area contributed by atoms with Crippen molar-refractivity contribution in [3.8, 4) is 6.07 Å². The van der Waals surface area contributed by atoms with E-state index in [1.54, 1.807) is 6.20 Å². The van der Waals surface area contributed by atoms with Crippen molar-refractivity contribution >= 4 is 11.6 Å². The third kappa shape index (κ3) is 4.97. The van der Waals surface area contributed by atoms with Gasteiger partial charge >= 0.3 is 0 Å². The average molecular weight is 347 g/mol. The molecule has 26 heavy (non-hydrogen) atoms. The van der Waals surface area contributed by atoms with Crippen LogP contribution in [0, 0.1) is 11.3 Å². The van der Waals surface area contributed by atoms with E-state index >= 15 is 0 Å². The van der Waals surface area contributed by atoms with E-state index in [4.69, 9.17) is 0 Å². The predicted octanol–water partition coefficient (Wildman–Crippen LogP) is 4.29. The zero-order valence-corrected chi connectivity index (χ0v) is 15.6. The molecule has 0 aliphatic rings. The van der Waals surface area contributed by atoms with Crippen molar-refractivity contribution in [3.05, 3.63) is 77.0 Å². The van der Waals surface area contributed by atoms with Crippen molar-refractivity contribution in [2.45, 2.75) is 33.2 Å². The van der Waals surface area contributed by atoms with E-state index < -0.39 is 0 Å². The molecule has 0 aromatic heterocycles. The van der Waals surface area contributed by atoms with Crippen LogP contribution in [-0.4, -0.2) is 17.9 Å². The number of hydrogen-bond donors (Lipinski definition) is 1. The van der Waals surface area contributed by atoms with Gasteiger partial charge < -0.3 is 10.2 Å². The molecule has 0 bridgehead atoms. The fourth-order valence-corrected chi connectivity index (χ4v) is 2.86. The Morgan fingerprint density at radius 1 is 1.08 bits per heavy atom.